The predicted octanol–water partition coefficient (Wildman–Crippen LogP) is 2.02. The third-order valence-corrected chi connectivity index (χ3v) is 3.38. The maximum absolute atomic E-state index is 12.0. The molecular weight excluding hydrogens is 270 g/mol. The molecule has 2 rings (SSSR count). The molecule has 21 heavy (non-hydrogen) atoms. The standard InChI is InChI=1S/C15H23N3O3/c1-20-14-7-6-12(16)11-13(14)17-15(19)5-4-9-18-8-2-3-10-21-18/h6-7,11H,2-5,8-10,16H2,1H3,(H,17,19). The van der Waals surface area contributed by atoms with E-state index in [9.17, 15) is 4.79 Å². The Balaban J connectivity index is 1.77. The number of ether oxygens (including phenoxy) is 1. The van der Waals surface area contributed by atoms with Gasteiger partial charge in [-0.3, -0.25) is 9.63 Å². The van der Waals surface area contributed by atoms with Gasteiger partial charge in [0.2, 0.25) is 5.91 Å². The molecule has 0 spiro atoms. The maximum Gasteiger partial charge on any atom is 0.224 e. The van der Waals surface area contributed by atoms with E-state index in [1.54, 1.807) is 25.3 Å². The molecule has 1 saturated heterocycles. The van der Waals surface area contributed by atoms with E-state index in [1.165, 1.54) is 0 Å². The number of hydrogen-bond donors (Lipinski definition) is 2. The molecule has 1 fully saturated rings. The normalized spacial score (nSPS) is 15.7. The summed E-state index contributed by atoms with van der Waals surface area (Å²) in [6, 6.07) is 5.18. The molecule has 0 unspecified atom stereocenters. The highest BCUT2D eigenvalue weighted by Crippen LogP contribution is 2.26. The maximum atomic E-state index is 12.0. The minimum atomic E-state index is -0.0455. The lowest BCUT2D eigenvalue weighted by atomic mass is 10.2. The second kappa shape index (κ2) is 7.85. The zero-order valence-electron chi connectivity index (χ0n) is 12.4. The van der Waals surface area contributed by atoms with Crippen LogP contribution in [-0.2, 0) is 9.63 Å². The van der Waals surface area contributed by atoms with E-state index in [0.717, 1.165) is 39.0 Å². The van der Waals surface area contributed by atoms with Gasteiger partial charge in [0.05, 0.1) is 19.4 Å². The zero-order valence-corrected chi connectivity index (χ0v) is 12.4. The molecule has 1 heterocycles. The lowest BCUT2D eigenvalue weighted by Gasteiger charge is -2.25. The lowest BCUT2D eigenvalue weighted by molar-refractivity contribution is -0.180. The van der Waals surface area contributed by atoms with E-state index < -0.39 is 0 Å². The highest BCUT2D eigenvalue weighted by Gasteiger charge is 2.12. The number of hydrogen-bond acceptors (Lipinski definition) is 5. The van der Waals surface area contributed by atoms with Gasteiger partial charge in [0.25, 0.3) is 0 Å². The van der Waals surface area contributed by atoms with Gasteiger partial charge in [0, 0.05) is 25.2 Å². The van der Waals surface area contributed by atoms with Crippen LogP contribution >= 0.6 is 0 Å². The fraction of sp³-hybridized carbons (Fsp3) is 0.533. The van der Waals surface area contributed by atoms with Crippen LogP contribution in [0.25, 0.3) is 0 Å². The SMILES string of the molecule is COc1ccc(N)cc1NC(=O)CCCN1CCCCO1. The van der Waals surface area contributed by atoms with Gasteiger partial charge >= 0.3 is 0 Å². The van der Waals surface area contributed by atoms with Crippen molar-refractivity contribution in [2.24, 2.45) is 0 Å². The van der Waals surface area contributed by atoms with Gasteiger partial charge in [0.1, 0.15) is 5.75 Å². The summed E-state index contributed by atoms with van der Waals surface area (Å²) in [5.74, 6) is 0.563. The summed E-state index contributed by atoms with van der Waals surface area (Å²) in [4.78, 5) is 17.5. The lowest BCUT2D eigenvalue weighted by Crippen LogP contribution is -2.31. The smallest absolute Gasteiger partial charge is 0.224 e. The predicted molar refractivity (Wildman–Crippen MR) is 82.0 cm³/mol. The molecule has 0 bridgehead atoms. The molecule has 1 aromatic carbocycles. The van der Waals surface area contributed by atoms with Crippen molar-refractivity contribution in [1.82, 2.24) is 5.06 Å². The molecule has 1 aliphatic rings. The van der Waals surface area contributed by atoms with E-state index in [0.29, 0.717) is 23.5 Å². The van der Waals surface area contributed by atoms with Crippen molar-refractivity contribution in [3.05, 3.63) is 18.2 Å². The van der Waals surface area contributed by atoms with Gasteiger partial charge in [-0.05, 0) is 37.5 Å². The molecule has 1 aromatic rings. The van der Waals surface area contributed by atoms with Gasteiger partial charge in [-0.1, -0.05) is 0 Å². The average molecular weight is 293 g/mol. The molecular formula is C15H23N3O3. The molecule has 6 nitrogen and oxygen atoms in total. The third-order valence-electron chi connectivity index (χ3n) is 3.38. The Hall–Kier alpha value is -1.79. The summed E-state index contributed by atoms with van der Waals surface area (Å²) in [6.45, 7) is 2.51. The summed E-state index contributed by atoms with van der Waals surface area (Å²) in [5, 5.41) is 4.78. The Morgan fingerprint density at radius 2 is 2.33 bits per heavy atom. The van der Waals surface area contributed by atoms with Crippen molar-refractivity contribution in [3.63, 3.8) is 0 Å². The van der Waals surface area contributed by atoms with Crippen LogP contribution in [0.1, 0.15) is 25.7 Å². The summed E-state index contributed by atoms with van der Waals surface area (Å²) in [7, 11) is 1.56. The molecule has 1 aliphatic heterocycles. The van der Waals surface area contributed by atoms with Gasteiger partial charge in [-0.25, -0.2) is 0 Å². The van der Waals surface area contributed by atoms with Crippen LogP contribution in [0.5, 0.6) is 5.75 Å². The van der Waals surface area contributed by atoms with Crippen LogP contribution < -0.4 is 15.8 Å². The molecule has 1 amide bonds. The van der Waals surface area contributed by atoms with Crippen LogP contribution in [0, 0.1) is 0 Å². The molecule has 6 heteroatoms. The van der Waals surface area contributed by atoms with Gasteiger partial charge < -0.3 is 15.8 Å². The van der Waals surface area contributed by atoms with Crippen molar-refractivity contribution in [2.45, 2.75) is 25.7 Å². The van der Waals surface area contributed by atoms with Crippen molar-refractivity contribution in [2.75, 3.05) is 37.9 Å². The minimum Gasteiger partial charge on any atom is -0.495 e. The monoisotopic (exact) mass is 293 g/mol. The number of nitrogens with two attached hydrogens (primary N) is 1. The van der Waals surface area contributed by atoms with E-state index in [1.807, 2.05) is 5.06 Å². The highest BCUT2D eigenvalue weighted by molar-refractivity contribution is 5.92. The number of nitrogen functional groups attached to an aromatic ring is 1. The molecule has 3 N–H and O–H groups in total. The van der Waals surface area contributed by atoms with Gasteiger partial charge in [-0.15, -0.1) is 0 Å². The quantitative estimate of drug-likeness (QED) is 0.785. The number of methoxy groups -OCH3 is 1. The van der Waals surface area contributed by atoms with Gasteiger partial charge in [-0.2, -0.15) is 5.06 Å². The van der Waals surface area contributed by atoms with E-state index in [-0.39, 0.29) is 5.91 Å². The summed E-state index contributed by atoms with van der Waals surface area (Å²) in [6.07, 6.45) is 3.48. The second-order valence-corrected chi connectivity index (χ2v) is 5.08. The number of carbonyl (C=O) groups excluding carboxylic acids is 1. The number of amides is 1. The Morgan fingerprint density at radius 3 is 3.05 bits per heavy atom. The first kappa shape index (κ1) is 15.6. The Bertz CT molecular complexity index is 473. The fourth-order valence-electron chi connectivity index (χ4n) is 2.28. The average Bonchev–Trinajstić information content (AvgIpc) is 2.48. The van der Waals surface area contributed by atoms with Crippen LogP contribution in [0.3, 0.4) is 0 Å². The number of hydroxylamine groups is 2. The number of carbonyl (C=O) groups is 1. The molecule has 0 aliphatic carbocycles. The fourth-order valence-corrected chi connectivity index (χ4v) is 2.28. The first-order chi connectivity index (χ1) is 10.2. The van der Waals surface area contributed by atoms with E-state index in [4.69, 9.17) is 15.3 Å². The molecule has 116 valence electrons. The summed E-state index contributed by atoms with van der Waals surface area (Å²) < 4.78 is 5.20. The Morgan fingerprint density at radius 1 is 1.48 bits per heavy atom. The first-order valence-corrected chi connectivity index (χ1v) is 7.30. The second-order valence-electron chi connectivity index (χ2n) is 5.08. The minimum absolute atomic E-state index is 0.0455. The third kappa shape index (κ3) is 4.91. The van der Waals surface area contributed by atoms with Crippen LogP contribution in [0.4, 0.5) is 11.4 Å². The number of anilines is 2. The van der Waals surface area contributed by atoms with Crippen LogP contribution in [0.15, 0.2) is 18.2 Å². The Kier molecular flexibility index (Phi) is 5.83. The number of nitrogens with one attached hydrogen (secondary N) is 1. The number of rotatable bonds is 6. The zero-order chi connectivity index (χ0) is 15.1. The van der Waals surface area contributed by atoms with Crippen molar-refractivity contribution in [3.8, 4) is 5.75 Å². The number of nitrogens with zero attached hydrogens (tertiary/aromatic N) is 1. The summed E-state index contributed by atoms with van der Waals surface area (Å²) in [5.41, 5.74) is 6.92. The first-order valence-electron chi connectivity index (χ1n) is 7.30. The van der Waals surface area contributed by atoms with Crippen LogP contribution in [0.2, 0.25) is 0 Å². The van der Waals surface area contributed by atoms with Gasteiger partial charge in [0.15, 0.2) is 0 Å². The van der Waals surface area contributed by atoms with Crippen LogP contribution in [-0.4, -0.2) is 37.8 Å². The molecule has 0 aromatic heterocycles. The molecule has 0 saturated carbocycles. The molecule has 0 radical (unpaired) electrons. The van der Waals surface area contributed by atoms with E-state index in [2.05, 4.69) is 5.32 Å². The Labute approximate surface area is 125 Å². The van der Waals surface area contributed by atoms with Crippen molar-refractivity contribution >= 4 is 17.3 Å². The van der Waals surface area contributed by atoms with Crippen molar-refractivity contribution in [1.29, 1.82) is 0 Å². The summed E-state index contributed by atoms with van der Waals surface area (Å²) >= 11 is 0. The largest absolute Gasteiger partial charge is 0.495 e. The van der Waals surface area contributed by atoms with Crippen molar-refractivity contribution < 1.29 is 14.4 Å². The van der Waals surface area contributed by atoms with E-state index >= 15 is 0 Å². The molecule has 0 atom stereocenters. The number of benzene rings is 1. The highest BCUT2D eigenvalue weighted by atomic mass is 16.7. The topological polar surface area (TPSA) is 76.8 Å².